The molecule has 0 unspecified atom stereocenters. The maximum absolute atomic E-state index is 10.6. The zero-order chi connectivity index (χ0) is 18.4. The minimum atomic E-state index is -0.900. The van der Waals surface area contributed by atoms with Crippen molar-refractivity contribution in [1.29, 1.82) is 0 Å². The van der Waals surface area contributed by atoms with Gasteiger partial charge in [0.2, 0.25) is 0 Å². The summed E-state index contributed by atoms with van der Waals surface area (Å²) in [4.78, 5) is 0. The molecule has 1 heterocycles. The first-order valence-corrected chi connectivity index (χ1v) is 9.51. The Bertz CT molecular complexity index is 1020. The fourth-order valence-corrected chi connectivity index (χ4v) is 4.61. The molecule has 0 atom stereocenters. The van der Waals surface area contributed by atoms with Gasteiger partial charge in [0, 0.05) is 6.54 Å². The second kappa shape index (κ2) is 6.52. The van der Waals surface area contributed by atoms with Crippen LogP contribution >= 0.6 is 23.6 Å². The van der Waals surface area contributed by atoms with Crippen LogP contribution in [0.1, 0.15) is 43.0 Å². The molecule has 0 saturated carbocycles. The first kappa shape index (κ1) is 18.1. The van der Waals surface area contributed by atoms with Crippen LogP contribution in [0.3, 0.4) is 0 Å². The average Bonchev–Trinajstić information content (AvgIpc) is 2.83. The molecule has 1 aromatic heterocycles. The van der Waals surface area contributed by atoms with E-state index in [4.69, 9.17) is 12.2 Å². The maximum Gasteiger partial charge on any atom is 0.162 e. The number of para-hydroxylation sites is 1. The highest BCUT2D eigenvalue weighted by molar-refractivity contribution is 7.73. The first-order chi connectivity index (χ1) is 11.7. The Balaban J connectivity index is 2.17. The third-order valence-corrected chi connectivity index (χ3v) is 5.93. The summed E-state index contributed by atoms with van der Waals surface area (Å²) in [6.45, 7) is 12.5. The zero-order valence-electron chi connectivity index (χ0n) is 15.1. The van der Waals surface area contributed by atoms with E-state index in [0.29, 0.717) is 6.54 Å². The molecule has 2 aromatic carbocycles. The lowest BCUT2D eigenvalue weighted by atomic mass is 9.87. The number of rotatable bonds is 4. The number of thiazole rings is 1. The van der Waals surface area contributed by atoms with Crippen molar-refractivity contribution in [3.63, 3.8) is 0 Å². The zero-order valence-corrected chi connectivity index (χ0v) is 16.7. The van der Waals surface area contributed by atoms with E-state index in [2.05, 4.69) is 35.4 Å². The molecular weight excluding hydrogens is 346 g/mol. The molecule has 0 bridgehead atoms. The van der Waals surface area contributed by atoms with E-state index < -0.39 is 5.60 Å². The summed E-state index contributed by atoms with van der Waals surface area (Å²) in [6, 6.07) is 12.5. The van der Waals surface area contributed by atoms with Gasteiger partial charge in [-0.15, -0.1) is 11.3 Å². The van der Waals surface area contributed by atoms with E-state index >= 15 is 0 Å². The number of benzene rings is 2. The highest BCUT2D eigenvalue weighted by atomic mass is 32.1. The Morgan fingerprint density at radius 2 is 1.96 bits per heavy atom. The van der Waals surface area contributed by atoms with Crippen LogP contribution in [0, 0.1) is 10.9 Å². The van der Waals surface area contributed by atoms with E-state index in [1.165, 1.54) is 4.70 Å². The molecule has 0 aliphatic rings. The molecule has 1 N–H and O–H groups in total. The van der Waals surface area contributed by atoms with Crippen molar-refractivity contribution in [1.82, 2.24) is 4.57 Å². The molecule has 3 aromatic rings. The molecule has 2 nitrogen and oxygen atoms in total. The predicted molar refractivity (Wildman–Crippen MR) is 111 cm³/mol. The molecule has 3 rings (SSSR count). The summed E-state index contributed by atoms with van der Waals surface area (Å²) < 4.78 is 4.22. The Morgan fingerprint density at radius 1 is 1.28 bits per heavy atom. The number of hydrogen-bond acceptors (Lipinski definition) is 3. The predicted octanol–water partition coefficient (Wildman–Crippen LogP) is 6.05. The SMILES string of the molecule is C=C(C)c1cc(Cn2c(=S)sc3ccccc32)cc(C(C)(C)O)c1C. The third kappa shape index (κ3) is 3.47. The van der Waals surface area contributed by atoms with Gasteiger partial charge in [-0.3, -0.25) is 0 Å². The fraction of sp³-hybridized carbons (Fsp3) is 0.286. The second-order valence-corrected chi connectivity index (χ2v) is 8.75. The smallest absolute Gasteiger partial charge is 0.162 e. The molecule has 25 heavy (non-hydrogen) atoms. The van der Waals surface area contributed by atoms with Crippen molar-refractivity contribution in [3.8, 4) is 0 Å². The molecule has 0 spiro atoms. The quantitative estimate of drug-likeness (QED) is 0.566. The summed E-state index contributed by atoms with van der Waals surface area (Å²) in [5.41, 5.74) is 5.50. The minimum Gasteiger partial charge on any atom is -0.386 e. The van der Waals surface area contributed by atoms with Crippen molar-refractivity contribution in [3.05, 3.63) is 69.2 Å². The van der Waals surface area contributed by atoms with E-state index in [-0.39, 0.29) is 0 Å². The van der Waals surface area contributed by atoms with Gasteiger partial charge in [0.1, 0.15) is 0 Å². The Hall–Kier alpha value is -1.75. The summed E-state index contributed by atoms with van der Waals surface area (Å²) in [5.74, 6) is 0. The van der Waals surface area contributed by atoms with Crippen LogP contribution in [-0.2, 0) is 12.1 Å². The summed E-state index contributed by atoms with van der Waals surface area (Å²) in [7, 11) is 0. The number of nitrogens with zero attached hydrogens (tertiary/aromatic N) is 1. The molecule has 0 amide bonds. The summed E-state index contributed by atoms with van der Waals surface area (Å²) >= 11 is 7.22. The van der Waals surface area contributed by atoms with Gasteiger partial charge in [-0.1, -0.05) is 30.4 Å². The molecular formula is C21H23NOS2. The molecule has 0 radical (unpaired) electrons. The molecule has 0 aliphatic heterocycles. The normalized spacial score (nSPS) is 11.9. The lowest BCUT2D eigenvalue weighted by Gasteiger charge is -2.24. The van der Waals surface area contributed by atoms with Gasteiger partial charge >= 0.3 is 0 Å². The number of fused-ring (bicyclic) bond motifs is 1. The van der Waals surface area contributed by atoms with Crippen LogP contribution in [0.5, 0.6) is 0 Å². The highest BCUT2D eigenvalue weighted by Gasteiger charge is 2.21. The van der Waals surface area contributed by atoms with Crippen molar-refractivity contribution < 1.29 is 5.11 Å². The summed E-state index contributed by atoms with van der Waals surface area (Å²) in [5, 5.41) is 10.6. The number of aliphatic hydroxyl groups is 1. The maximum atomic E-state index is 10.6. The van der Waals surface area contributed by atoms with Crippen molar-refractivity contribution in [2.45, 2.75) is 39.8 Å². The minimum absolute atomic E-state index is 0.687. The van der Waals surface area contributed by atoms with Crippen LogP contribution in [-0.4, -0.2) is 9.67 Å². The van der Waals surface area contributed by atoms with E-state index in [1.54, 1.807) is 11.3 Å². The number of allylic oxidation sites excluding steroid dienone is 1. The monoisotopic (exact) mass is 369 g/mol. The molecule has 4 heteroatoms. The van der Waals surface area contributed by atoms with Crippen LogP contribution in [0.4, 0.5) is 0 Å². The second-order valence-electron chi connectivity index (χ2n) is 7.08. The van der Waals surface area contributed by atoms with Crippen molar-refractivity contribution in [2.24, 2.45) is 0 Å². The topological polar surface area (TPSA) is 25.2 Å². The van der Waals surface area contributed by atoms with E-state index in [1.807, 2.05) is 39.8 Å². The molecule has 0 aliphatic carbocycles. The van der Waals surface area contributed by atoms with Crippen molar-refractivity contribution >= 4 is 39.3 Å². The van der Waals surface area contributed by atoms with E-state index in [9.17, 15) is 5.11 Å². The van der Waals surface area contributed by atoms with Gasteiger partial charge in [0.25, 0.3) is 0 Å². The van der Waals surface area contributed by atoms with Crippen LogP contribution in [0.2, 0.25) is 0 Å². The van der Waals surface area contributed by atoms with Gasteiger partial charge in [0.05, 0.1) is 15.8 Å². The van der Waals surface area contributed by atoms with Crippen LogP contribution in [0.15, 0.2) is 43.0 Å². The summed E-state index contributed by atoms with van der Waals surface area (Å²) in [6.07, 6.45) is 0. The lowest BCUT2D eigenvalue weighted by molar-refractivity contribution is 0.0778. The first-order valence-electron chi connectivity index (χ1n) is 8.29. The average molecular weight is 370 g/mol. The standard InChI is InChI=1S/C21H23NOS2/c1-13(2)16-10-15(11-17(14(16)3)21(4,5)23)12-22-18-8-6-7-9-19(18)25-20(22)24/h6-11,23H,1,12H2,2-5H3. The Labute approximate surface area is 158 Å². The van der Waals surface area contributed by atoms with Gasteiger partial charge in [-0.2, -0.15) is 0 Å². The van der Waals surface area contributed by atoms with Gasteiger partial charge in [-0.25, -0.2) is 0 Å². The fourth-order valence-electron chi connectivity index (χ4n) is 3.29. The van der Waals surface area contributed by atoms with Crippen LogP contribution in [0.25, 0.3) is 15.8 Å². The van der Waals surface area contributed by atoms with Crippen LogP contribution < -0.4 is 0 Å². The number of aromatic nitrogens is 1. The third-order valence-electron chi connectivity index (χ3n) is 4.50. The van der Waals surface area contributed by atoms with Gasteiger partial charge in [-0.05, 0) is 80.4 Å². The van der Waals surface area contributed by atoms with Crippen molar-refractivity contribution in [2.75, 3.05) is 0 Å². The largest absolute Gasteiger partial charge is 0.386 e. The Kier molecular flexibility index (Phi) is 4.71. The van der Waals surface area contributed by atoms with Gasteiger partial charge in [0.15, 0.2) is 3.95 Å². The molecule has 130 valence electrons. The number of hydrogen-bond donors (Lipinski definition) is 1. The molecule has 0 fully saturated rings. The highest BCUT2D eigenvalue weighted by Crippen LogP contribution is 2.31. The van der Waals surface area contributed by atoms with Gasteiger partial charge < -0.3 is 9.67 Å². The van der Waals surface area contributed by atoms with E-state index in [0.717, 1.165) is 37.3 Å². The lowest BCUT2D eigenvalue weighted by Crippen LogP contribution is -2.19. The Morgan fingerprint density at radius 3 is 2.60 bits per heavy atom. The molecule has 0 saturated heterocycles.